The number of hydrogen-bond donors (Lipinski definition) is 0. The third kappa shape index (κ3) is 4.81. The van der Waals surface area contributed by atoms with Gasteiger partial charge in [0.2, 0.25) is 5.88 Å². The number of hydrogen-bond acceptors (Lipinski definition) is 2. The maximum atomic E-state index is 12.4. The molecule has 0 saturated heterocycles. The van der Waals surface area contributed by atoms with Crippen LogP contribution in [0.5, 0.6) is 5.88 Å². The number of aromatic nitrogens is 1. The molecule has 0 unspecified atom stereocenters. The molecule has 6 heteroatoms. The van der Waals surface area contributed by atoms with E-state index >= 15 is 0 Å². The molecule has 1 heterocycles. The minimum atomic E-state index is -4.44. The Morgan fingerprint density at radius 3 is 2.59 bits per heavy atom. The SMILES string of the molecule is CCCCCOc1cc(C(F)(F)F)cc(Cl)n1. The van der Waals surface area contributed by atoms with Gasteiger partial charge in [-0.2, -0.15) is 13.2 Å². The standard InChI is InChI=1S/C11H13ClF3NO/c1-2-3-4-5-17-10-7-8(11(13,14)15)6-9(12)16-10/h6-7H,2-5H2,1H3. The molecule has 0 radical (unpaired) electrons. The Balaban J connectivity index is 2.69. The Morgan fingerprint density at radius 2 is 2.00 bits per heavy atom. The van der Waals surface area contributed by atoms with Crippen LogP contribution < -0.4 is 4.74 Å². The number of nitrogens with zero attached hydrogens (tertiary/aromatic N) is 1. The fourth-order valence-corrected chi connectivity index (χ4v) is 1.44. The smallest absolute Gasteiger partial charge is 0.416 e. The number of rotatable bonds is 5. The summed E-state index contributed by atoms with van der Waals surface area (Å²) in [6.07, 6.45) is -1.67. The van der Waals surface area contributed by atoms with Crippen LogP contribution in [0.3, 0.4) is 0 Å². The molecule has 2 nitrogen and oxygen atoms in total. The van der Waals surface area contributed by atoms with E-state index in [-0.39, 0.29) is 11.0 Å². The van der Waals surface area contributed by atoms with Gasteiger partial charge in [-0.3, -0.25) is 0 Å². The summed E-state index contributed by atoms with van der Waals surface area (Å²) < 4.78 is 42.5. The van der Waals surface area contributed by atoms with E-state index in [0.29, 0.717) is 6.61 Å². The van der Waals surface area contributed by atoms with Gasteiger partial charge in [-0.05, 0) is 12.5 Å². The van der Waals surface area contributed by atoms with E-state index < -0.39 is 11.7 Å². The topological polar surface area (TPSA) is 22.1 Å². The summed E-state index contributed by atoms with van der Waals surface area (Å²) >= 11 is 5.51. The minimum Gasteiger partial charge on any atom is -0.478 e. The second-order valence-corrected chi connectivity index (χ2v) is 3.96. The van der Waals surface area contributed by atoms with E-state index in [9.17, 15) is 13.2 Å². The molecule has 0 atom stereocenters. The quantitative estimate of drug-likeness (QED) is 0.585. The van der Waals surface area contributed by atoms with E-state index in [1.54, 1.807) is 0 Å². The summed E-state index contributed by atoms with van der Waals surface area (Å²) in [5, 5.41) is -0.217. The zero-order chi connectivity index (χ0) is 12.9. The predicted molar refractivity (Wildman–Crippen MR) is 59.3 cm³/mol. The molecular formula is C11H13ClF3NO. The summed E-state index contributed by atoms with van der Waals surface area (Å²) in [6, 6.07) is 1.64. The Morgan fingerprint density at radius 1 is 1.29 bits per heavy atom. The van der Waals surface area contributed by atoms with Crippen LogP contribution in [0, 0.1) is 0 Å². The summed E-state index contributed by atoms with van der Waals surface area (Å²) in [5.41, 5.74) is -0.844. The molecule has 1 rings (SSSR count). The Hall–Kier alpha value is -0.970. The minimum absolute atomic E-state index is 0.0825. The van der Waals surface area contributed by atoms with Crippen LogP contribution in [-0.2, 0) is 6.18 Å². The highest BCUT2D eigenvalue weighted by atomic mass is 35.5. The molecule has 0 bridgehead atoms. The first-order valence-electron chi connectivity index (χ1n) is 5.31. The average Bonchev–Trinajstić information content (AvgIpc) is 2.22. The van der Waals surface area contributed by atoms with Gasteiger partial charge < -0.3 is 4.74 Å². The second-order valence-electron chi connectivity index (χ2n) is 3.57. The molecule has 0 aliphatic rings. The third-order valence-corrected chi connectivity index (χ3v) is 2.29. The molecule has 96 valence electrons. The van der Waals surface area contributed by atoms with Crippen molar-refractivity contribution in [3.8, 4) is 5.88 Å². The van der Waals surface area contributed by atoms with Crippen molar-refractivity contribution in [3.05, 3.63) is 22.8 Å². The maximum absolute atomic E-state index is 12.4. The Labute approximate surface area is 103 Å². The lowest BCUT2D eigenvalue weighted by molar-refractivity contribution is -0.137. The number of unbranched alkanes of at least 4 members (excludes halogenated alkanes) is 2. The summed E-state index contributed by atoms with van der Waals surface area (Å²) in [5.74, 6) is -0.0825. The normalized spacial score (nSPS) is 11.6. The van der Waals surface area contributed by atoms with Gasteiger partial charge in [0.05, 0.1) is 12.2 Å². The third-order valence-electron chi connectivity index (χ3n) is 2.10. The molecule has 0 N–H and O–H groups in total. The maximum Gasteiger partial charge on any atom is 0.416 e. The first-order valence-corrected chi connectivity index (χ1v) is 5.69. The zero-order valence-electron chi connectivity index (χ0n) is 9.35. The molecule has 1 aromatic rings. The first kappa shape index (κ1) is 14.1. The molecule has 17 heavy (non-hydrogen) atoms. The van der Waals surface area contributed by atoms with Gasteiger partial charge in [0, 0.05) is 6.07 Å². The van der Waals surface area contributed by atoms with Crippen molar-refractivity contribution in [2.24, 2.45) is 0 Å². The molecule has 0 fully saturated rings. The van der Waals surface area contributed by atoms with E-state index in [1.165, 1.54) is 0 Å². The molecular weight excluding hydrogens is 255 g/mol. The van der Waals surface area contributed by atoms with Crippen molar-refractivity contribution < 1.29 is 17.9 Å². The van der Waals surface area contributed by atoms with Crippen LogP contribution in [-0.4, -0.2) is 11.6 Å². The lowest BCUT2D eigenvalue weighted by Crippen LogP contribution is -2.07. The van der Waals surface area contributed by atoms with E-state index in [2.05, 4.69) is 4.98 Å². The highest BCUT2D eigenvalue weighted by molar-refractivity contribution is 6.29. The van der Waals surface area contributed by atoms with Crippen LogP contribution in [0.4, 0.5) is 13.2 Å². The molecule has 0 aliphatic carbocycles. The van der Waals surface area contributed by atoms with Crippen molar-refractivity contribution in [1.82, 2.24) is 4.98 Å². The van der Waals surface area contributed by atoms with Gasteiger partial charge in [-0.1, -0.05) is 31.4 Å². The number of halogens is 4. The first-order chi connectivity index (χ1) is 7.93. The van der Waals surface area contributed by atoms with Crippen molar-refractivity contribution in [2.75, 3.05) is 6.61 Å². The largest absolute Gasteiger partial charge is 0.478 e. The highest BCUT2D eigenvalue weighted by Crippen LogP contribution is 2.32. The van der Waals surface area contributed by atoms with E-state index in [4.69, 9.17) is 16.3 Å². The number of pyridine rings is 1. The highest BCUT2D eigenvalue weighted by Gasteiger charge is 2.31. The van der Waals surface area contributed by atoms with Crippen LogP contribution in [0.1, 0.15) is 31.7 Å². The molecule has 0 spiro atoms. The zero-order valence-corrected chi connectivity index (χ0v) is 10.1. The van der Waals surface area contributed by atoms with Gasteiger partial charge in [-0.25, -0.2) is 4.98 Å². The van der Waals surface area contributed by atoms with E-state index in [0.717, 1.165) is 31.4 Å². The van der Waals surface area contributed by atoms with Gasteiger partial charge >= 0.3 is 6.18 Å². The molecule has 0 amide bonds. The molecule has 0 aromatic carbocycles. The average molecular weight is 268 g/mol. The molecule has 0 aliphatic heterocycles. The van der Waals surface area contributed by atoms with Crippen LogP contribution in [0.15, 0.2) is 12.1 Å². The van der Waals surface area contributed by atoms with Gasteiger partial charge in [0.15, 0.2) is 0 Å². The fraction of sp³-hybridized carbons (Fsp3) is 0.545. The lowest BCUT2D eigenvalue weighted by Gasteiger charge is -2.10. The van der Waals surface area contributed by atoms with Crippen LogP contribution in [0.25, 0.3) is 0 Å². The summed E-state index contributed by atoms with van der Waals surface area (Å²) in [6.45, 7) is 2.37. The summed E-state index contributed by atoms with van der Waals surface area (Å²) in [4.78, 5) is 3.69. The second kappa shape index (κ2) is 6.10. The molecule has 0 saturated carbocycles. The van der Waals surface area contributed by atoms with Crippen molar-refractivity contribution in [2.45, 2.75) is 32.4 Å². The Bertz CT molecular complexity index is 368. The summed E-state index contributed by atoms with van der Waals surface area (Å²) in [7, 11) is 0. The number of ether oxygens (including phenoxy) is 1. The van der Waals surface area contributed by atoms with Gasteiger partial charge in [0.25, 0.3) is 0 Å². The van der Waals surface area contributed by atoms with Crippen LogP contribution in [0.2, 0.25) is 5.15 Å². The van der Waals surface area contributed by atoms with Crippen LogP contribution >= 0.6 is 11.6 Å². The lowest BCUT2D eigenvalue weighted by atomic mass is 10.2. The van der Waals surface area contributed by atoms with Gasteiger partial charge in [-0.15, -0.1) is 0 Å². The fourth-order valence-electron chi connectivity index (χ4n) is 1.24. The van der Waals surface area contributed by atoms with E-state index in [1.807, 2.05) is 6.92 Å². The van der Waals surface area contributed by atoms with Crippen molar-refractivity contribution >= 4 is 11.6 Å². The predicted octanol–water partition coefficient (Wildman–Crippen LogP) is 4.32. The van der Waals surface area contributed by atoms with Gasteiger partial charge in [0.1, 0.15) is 5.15 Å². The van der Waals surface area contributed by atoms with Crippen molar-refractivity contribution in [1.29, 1.82) is 0 Å². The molecule has 1 aromatic heterocycles. The number of alkyl halides is 3. The van der Waals surface area contributed by atoms with Crippen molar-refractivity contribution in [3.63, 3.8) is 0 Å². The Kier molecular flexibility index (Phi) is 5.05. The monoisotopic (exact) mass is 267 g/mol.